The fourth-order valence-electron chi connectivity index (χ4n) is 0.322. The summed E-state index contributed by atoms with van der Waals surface area (Å²) in [4.78, 5) is 3.67. The molecule has 0 unspecified atom stereocenters. The second-order valence-corrected chi connectivity index (χ2v) is 2.00. The van der Waals surface area contributed by atoms with Crippen LogP contribution in [0.25, 0.3) is 0 Å². The summed E-state index contributed by atoms with van der Waals surface area (Å²) in [6.45, 7) is 0. The summed E-state index contributed by atoms with van der Waals surface area (Å²) in [5.74, 6) is 0. The second kappa shape index (κ2) is 2.33. The topological polar surface area (TPSA) is 12.9 Å². The van der Waals surface area contributed by atoms with Gasteiger partial charge in [-0.1, -0.05) is 23.2 Å². The highest BCUT2D eigenvalue weighted by Gasteiger charge is 1.91. The third kappa shape index (κ3) is 1.11. The van der Waals surface area contributed by atoms with Crippen molar-refractivity contribution in [3.63, 3.8) is 0 Å². The summed E-state index contributed by atoms with van der Waals surface area (Å²) in [5.41, 5.74) is 0. The van der Waals surface area contributed by atoms with Crippen LogP contribution in [0.3, 0.4) is 0 Å². The fraction of sp³-hybridized carbons (Fsp3) is 0. The Balaban J connectivity index is 3.13. The van der Waals surface area contributed by atoms with Crippen LogP contribution in [0.1, 0.15) is 0 Å². The molecule has 0 N–H and O–H groups in total. The molecular formula is C5H2Cl2N. The van der Waals surface area contributed by atoms with Gasteiger partial charge in [-0.25, -0.2) is 0 Å². The molecule has 0 atom stereocenters. The van der Waals surface area contributed by atoms with Crippen LogP contribution < -0.4 is 0 Å². The summed E-state index contributed by atoms with van der Waals surface area (Å²) < 4.78 is 0. The van der Waals surface area contributed by atoms with Crippen LogP contribution in [0, 0.1) is 6.07 Å². The molecule has 41 valence electrons. The van der Waals surface area contributed by atoms with Gasteiger partial charge in [0.1, 0.15) is 0 Å². The van der Waals surface area contributed by atoms with Crippen molar-refractivity contribution >= 4 is 23.2 Å². The van der Waals surface area contributed by atoms with E-state index in [4.69, 9.17) is 23.2 Å². The molecule has 0 saturated heterocycles. The third-order valence-electron chi connectivity index (χ3n) is 0.663. The molecule has 0 aliphatic heterocycles. The van der Waals surface area contributed by atoms with Crippen molar-refractivity contribution in [1.82, 2.24) is 4.98 Å². The normalized spacial score (nSPS) is 9.25. The maximum atomic E-state index is 5.48. The summed E-state index contributed by atoms with van der Waals surface area (Å²) in [7, 11) is 0. The van der Waals surface area contributed by atoms with E-state index in [2.05, 4.69) is 11.1 Å². The van der Waals surface area contributed by atoms with Crippen LogP contribution in [0.15, 0.2) is 12.4 Å². The molecule has 1 heterocycles. The molecule has 0 aromatic carbocycles. The molecule has 0 aliphatic rings. The molecule has 1 aromatic rings. The van der Waals surface area contributed by atoms with Gasteiger partial charge >= 0.3 is 0 Å². The first kappa shape index (κ1) is 5.86. The van der Waals surface area contributed by atoms with E-state index < -0.39 is 0 Å². The van der Waals surface area contributed by atoms with Gasteiger partial charge in [-0.3, -0.25) is 4.98 Å². The Labute approximate surface area is 57.3 Å². The van der Waals surface area contributed by atoms with E-state index in [1.165, 1.54) is 12.4 Å². The number of nitrogens with zero attached hydrogens (tertiary/aromatic N) is 1. The number of pyridine rings is 1. The minimum atomic E-state index is 0.418. The van der Waals surface area contributed by atoms with Crippen LogP contribution >= 0.6 is 23.2 Å². The summed E-state index contributed by atoms with van der Waals surface area (Å²) in [6, 6.07) is 2.62. The van der Waals surface area contributed by atoms with Gasteiger partial charge in [0.2, 0.25) is 0 Å². The second-order valence-electron chi connectivity index (χ2n) is 1.21. The van der Waals surface area contributed by atoms with Crippen molar-refractivity contribution in [3.05, 3.63) is 28.5 Å². The summed E-state index contributed by atoms with van der Waals surface area (Å²) in [6.07, 6.45) is 2.94. The van der Waals surface area contributed by atoms with E-state index in [1.54, 1.807) is 0 Å². The molecule has 0 bridgehead atoms. The lowest BCUT2D eigenvalue weighted by molar-refractivity contribution is 1.32. The Morgan fingerprint density at radius 2 is 2.25 bits per heavy atom. The fourth-order valence-corrected chi connectivity index (χ4v) is 0.531. The zero-order valence-electron chi connectivity index (χ0n) is 3.86. The van der Waals surface area contributed by atoms with Crippen LogP contribution in [0.5, 0.6) is 0 Å². The molecule has 1 aromatic heterocycles. The highest BCUT2D eigenvalue weighted by molar-refractivity contribution is 6.41. The molecule has 0 fully saturated rings. The summed E-state index contributed by atoms with van der Waals surface area (Å²) >= 11 is 11.0. The lowest BCUT2D eigenvalue weighted by Crippen LogP contribution is -1.69. The predicted molar refractivity (Wildman–Crippen MR) is 33.1 cm³/mol. The van der Waals surface area contributed by atoms with Crippen molar-refractivity contribution in [1.29, 1.82) is 0 Å². The van der Waals surface area contributed by atoms with E-state index in [0.29, 0.717) is 10.0 Å². The lowest BCUT2D eigenvalue weighted by Gasteiger charge is -1.87. The van der Waals surface area contributed by atoms with Crippen LogP contribution in [0.2, 0.25) is 10.0 Å². The van der Waals surface area contributed by atoms with Gasteiger partial charge in [-0.05, 0) is 0 Å². The van der Waals surface area contributed by atoms with E-state index in [9.17, 15) is 0 Å². The van der Waals surface area contributed by atoms with Crippen molar-refractivity contribution in [2.75, 3.05) is 0 Å². The average molecular weight is 147 g/mol. The largest absolute Gasteiger partial charge is 0.262 e. The van der Waals surface area contributed by atoms with Crippen molar-refractivity contribution in [2.45, 2.75) is 0 Å². The molecule has 0 aliphatic carbocycles. The van der Waals surface area contributed by atoms with Gasteiger partial charge in [0.05, 0.1) is 10.0 Å². The first-order valence-corrected chi connectivity index (χ1v) is 2.73. The maximum Gasteiger partial charge on any atom is 0.0781 e. The standard InChI is InChI=1S/C5H2Cl2N/c6-4-1-2-8-3-5(4)7/h2-3H. The highest BCUT2D eigenvalue weighted by Crippen LogP contribution is 2.17. The van der Waals surface area contributed by atoms with E-state index in [0.717, 1.165) is 0 Å². The zero-order valence-corrected chi connectivity index (χ0v) is 5.37. The minimum absolute atomic E-state index is 0.418. The Hall–Kier alpha value is -0.270. The van der Waals surface area contributed by atoms with Gasteiger partial charge < -0.3 is 0 Å². The van der Waals surface area contributed by atoms with Crippen molar-refractivity contribution < 1.29 is 0 Å². The van der Waals surface area contributed by atoms with Crippen LogP contribution in [-0.2, 0) is 0 Å². The van der Waals surface area contributed by atoms with E-state index in [-0.39, 0.29) is 0 Å². The quantitative estimate of drug-likeness (QED) is 0.548. The summed E-state index contributed by atoms with van der Waals surface area (Å²) in [5, 5.41) is 0.857. The Bertz CT molecular complexity index is 167. The van der Waals surface area contributed by atoms with Gasteiger partial charge in [-0.2, -0.15) is 0 Å². The third-order valence-corrected chi connectivity index (χ3v) is 1.36. The number of hydrogen-bond donors (Lipinski definition) is 0. The van der Waals surface area contributed by atoms with E-state index in [1.807, 2.05) is 0 Å². The van der Waals surface area contributed by atoms with E-state index >= 15 is 0 Å². The Kier molecular flexibility index (Phi) is 1.71. The molecule has 1 radical (unpaired) electrons. The first-order valence-electron chi connectivity index (χ1n) is 1.97. The van der Waals surface area contributed by atoms with Crippen molar-refractivity contribution in [2.24, 2.45) is 0 Å². The molecule has 0 spiro atoms. The van der Waals surface area contributed by atoms with Crippen LogP contribution in [0.4, 0.5) is 0 Å². The maximum absolute atomic E-state index is 5.48. The molecular weight excluding hydrogens is 145 g/mol. The highest BCUT2D eigenvalue weighted by atomic mass is 35.5. The van der Waals surface area contributed by atoms with Gasteiger partial charge in [0.15, 0.2) is 0 Å². The molecule has 1 rings (SSSR count). The van der Waals surface area contributed by atoms with Gasteiger partial charge in [0, 0.05) is 18.5 Å². The smallest absolute Gasteiger partial charge is 0.0781 e. The molecule has 3 heteroatoms. The van der Waals surface area contributed by atoms with Crippen LogP contribution in [-0.4, -0.2) is 4.98 Å². The molecule has 0 saturated carbocycles. The molecule has 1 nitrogen and oxygen atoms in total. The molecule has 0 amide bonds. The molecule has 8 heavy (non-hydrogen) atoms. The first-order chi connectivity index (χ1) is 3.80. The zero-order chi connectivity index (χ0) is 5.98. The SMILES string of the molecule is Clc1[c]cncc1Cl. The monoisotopic (exact) mass is 146 g/mol. The lowest BCUT2D eigenvalue weighted by atomic mass is 10.5. The number of aromatic nitrogens is 1. The number of rotatable bonds is 0. The number of halogens is 2. The van der Waals surface area contributed by atoms with Crippen molar-refractivity contribution in [3.8, 4) is 0 Å². The predicted octanol–water partition coefficient (Wildman–Crippen LogP) is 2.19. The Morgan fingerprint density at radius 1 is 1.50 bits per heavy atom. The van der Waals surface area contributed by atoms with Gasteiger partial charge in [-0.15, -0.1) is 0 Å². The van der Waals surface area contributed by atoms with Gasteiger partial charge in [0.25, 0.3) is 0 Å². The Morgan fingerprint density at radius 3 is 2.62 bits per heavy atom. The average Bonchev–Trinajstić information content (AvgIpc) is 1.77. The minimum Gasteiger partial charge on any atom is -0.262 e. The number of hydrogen-bond acceptors (Lipinski definition) is 1.